The number of ether oxygens (including phenoxy) is 1. The van der Waals surface area contributed by atoms with E-state index in [4.69, 9.17) is 16.3 Å². The van der Waals surface area contributed by atoms with Crippen LogP contribution < -0.4 is 5.32 Å². The fraction of sp³-hybridized carbons (Fsp3) is 0.500. The highest BCUT2D eigenvalue weighted by atomic mass is 35.5. The first-order valence-electron chi connectivity index (χ1n) is 9.42. The van der Waals surface area contributed by atoms with Crippen molar-refractivity contribution in [1.82, 2.24) is 9.78 Å². The summed E-state index contributed by atoms with van der Waals surface area (Å²) in [6.07, 6.45) is -4.35. The molecule has 0 amide bonds. The molecular weight excluding hydrogens is 407 g/mol. The molecule has 2 rings (SSSR count). The van der Waals surface area contributed by atoms with Gasteiger partial charge in [0.2, 0.25) is 0 Å². The maximum atomic E-state index is 12.9. The van der Waals surface area contributed by atoms with Gasteiger partial charge in [0.25, 0.3) is 0 Å². The lowest BCUT2D eigenvalue weighted by Gasteiger charge is -2.21. The highest BCUT2D eigenvalue weighted by Gasteiger charge is 2.36. The van der Waals surface area contributed by atoms with E-state index in [-0.39, 0.29) is 23.2 Å². The Morgan fingerprint density at radius 2 is 1.93 bits per heavy atom. The summed E-state index contributed by atoms with van der Waals surface area (Å²) < 4.78 is 45.3. The van der Waals surface area contributed by atoms with Crippen molar-refractivity contribution in [3.63, 3.8) is 0 Å². The molecule has 29 heavy (non-hydrogen) atoms. The normalized spacial score (nSPS) is 12.9. The number of halogens is 4. The van der Waals surface area contributed by atoms with Crippen molar-refractivity contribution in [2.75, 3.05) is 11.9 Å². The molecule has 0 saturated carbocycles. The van der Waals surface area contributed by atoms with Gasteiger partial charge in [-0.25, -0.2) is 4.79 Å². The van der Waals surface area contributed by atoms with Crippen LogP contribution in [0.1, 0.15) is 56.6 Å². The molecule has 2 aromatic rings. The number of hydrogen-bond acceptors (Lipinski definition) is 4. The van der Waals surface area contributed by atoms with Crippen molar-refractivity contribution in [2.45, 2.75) is 59.3 Å². The zero-order valence-electron chi connectivity index (χ0n) is 17.0. The Labute approximate surface area is 173 Å². The first-order chi connectivity index (χ1) is 13.5. The van der Waals surface area contributed by atoms with Crippen molar-refractivity contribution in [1.29, 1.82) is 0 Å². The molecule has 1 atom stereocenters. The number of aromatic nitrogens is 2. The van der Waals surface area contributed by atoms with Crippen LogP contribution in [0.4, 0.5) is 18.9 Å². The summed E-state index contributed by atoms with van der Waals surface area (Å²) in [7, 11) is 0. The lowest BCUT2D eigenvalue weighted by atomic mass is 9.94. The SMILES string of the molecule is CCOC(=O)c1nn(CC)c(-c2ccc(N[C@H](C)C(F)(F)F)cc2C(C)C)c1Cl. The average Bonchev–Trinajstić information content (AvgIpc) is 2.97. The van der Waals surface area contributed by atoms with E-state index in [1.807, 2.05) is 20.8 Å². The molecule has 5 nitrogen and oxygen atoms in total. The first-order valence-corrected chi connectivity index (χ1v) is 9.79. The van der Waals surface area contributed by atoms with E-state index in [0.717, 1.165) is 12.5 Å². The van der Waals surface area contributed by atoms with E-state index in [1.54, 1.807) is 29.8 Å². The van der Waals surface area contributed by atoms with Crippen LogP contribution in [0.15, 0.2) is 18.2 Å². The number of hydrogen-bond donors (Lipinski definition) is 1. The van der Waals surface area contributed by atoms with Crippen molar-refractivity contribution in [3.05, 3.63) is 34.5 Å². The standard InChI is InChI=1S/C20H25ClF3N3O2/c1-6-27-18(16(21)17(26-27)19(28)29-7-2)14-9-8-13(10-15(14)11(3)4)25-12(5)20(22,23)24/h8-12,25H,6-7H2,1-5H3/t12-/m1/s1. The fourth-order valence-electron chi connectivity index (χ4n) is 2.93. The third kappa shape index (κ3) is 5.04. The van der Waals surface area contributed by atoms with Crippen LogP contribution in [0.5, 0.6) is 0 Å². The van der Waals surface area contributed by atoms with Crippen LogP contribution in [0.3, 0.4) is 0 Å². The smallest absolute Gasteiger partial charge is 0.408 e. The number of aryl methyl sites for hydroxylation is 1. The van der Waals surface area contributed by atoms with Gasteiger partial charge in [-0.2, -0.15) is 18.3 Å². The second kappa shape index (κ2) is 9.07. The van der Waals surface area contributed by atoms with Crippen molar-refractivity contribution < 1.29 is 22.7 Å². The Hall–Kier alpha value is -2.22. The van der Waals surface area contributed by atoms with E-state index in [1.165, 1.54) is 0 Å². The number of carbonyl (C=O) groups is 1. The highest BCUT2D eigenvalue weighted by Crippen LogP contribution is 2.38. The number of esters is 1. The van der Waals surface area contributed by atoms with E-state index in [0.29, 0.717) is 23.5 Å². The monoisotopic (exact) mass is 431 g/mol. The van der Waals surface area contributed by atoms with Crippen LogP contribution in [-0.2, 0) is 11.3 Å². The van der Waals surface area contributed by atoms with E-state index >= 15 is 0 Å². The number of carbonyl (C=O) groups excluding carboxylic acids is 1. The second-order valence-electron chi connectivity index (χ2n) is 6.91. The quantitative estimate of drug-likeness (QED) is 0.555. The highest BCUT2D eigenvalue weighted by molar-refractivity contribution is 6.35. The Balaban J connectivity index is 2.56. The predicted octanol–water partition coefficient (Wildman–Crippen LogP) is 5.89. The van der Waals surface area contributed by atoms with E-state index in [2.05, 4.69) is 10.4 Å². The molecule has 0 aliphatic rings. The molecule has 1 heterocycles. The molecule has 0 saturated heterocycles. The van der Waals surface area contributed by atoms with Crippen LogP contribution in [-0.4, -0.2) is 34.6 Å². The minimum atomic E-state index is -4.35. The van der Waals surface area contributed by atoms with Gasteiger partial charge in [0.15, 0.2) is 5.69 Å². The molecule has 0 radical (unpaired) electrons. The number of benzene rings is 1. The first kappa shape index (κ1) is 23.1. The summed E-state index contributed by atoms with van der Waals surface area (Å²) in [4.78, 5) is 12.2. The Morgan fingerprint density at radius 3 is 2.45 bits per heavy atom. The molecule has 9 heteroatoms. The Bertz CT molecular complexity index is 879. The minimum Gasteiger partial charge on any atom is -0.461 e. The van der Waals surface area contributed by atoms with Gasteiger partial charge in [0, 0.05) is 17.8 Å². The third-order valence-electron chi connectivity index (χ3n) is 4.47. The molecule has 0 fully saturated rings. The van der Waals surface area contributed by atoms with Gasteiger partial charge in [0.05, 0.1) is 12.3 Å². The molecule has 160 valence electrons. The fourth-order valence-corrected chi connectivity index (χ4v) is 3.25. The number of alkyl halides is 3. The third-order valence-corrected chi connectivity index (χ3v) is 4.82. The lowest BCUT2D eigenvalue weighted by Crippen LogP contribution is -2.33. The molecule has 0 bridgehead atoms. The van der Waals surface area contributed by atoms with Crippen LogP contribution in [0.25, 0.3) is 11.3 Å². The number of rotatable bonds is 7. The Morgan fingerprint density at radius 1 is 1.28 bits per heavy atom. The van der Waals surface area contributed by atoms with Gasteiger partial charge >= 0.3 is 12.1 Å². The summed E-state index contributed by atoms with van der Waals surface area (Å²) in [5.41, 5.74) is 2.41. The van der Waals surface area contributed by atoms with Gasteiger partial charge in [0.1, 0.15) is 11.1 Å². The maximum Gasteiger partial charge on any atom is 0.408 e. The summed E-state index contributed by atoms with van der Waals surface area (Å²) in [6.45, 7) is 9.13. The van der Waals surface area contributed by atoms with Crippen LogP contribution in [0, 0.1) is 0 Å². The molecule has 0 spiro atoms. The molecule has 1 N–H and O–H groups in total. The zero-order valence-corrected chi connectivity index (χ0v) is 17.8. The summed E-state index contributed by atoms with van der Waals surface area (Å²) in [6, 6.07) is 3.26. The minimum absolute atomic E-state index is 0.00439. The number of nitrogens with one attached hydrogen (secondary N) is 1. The van der Waals surface area contributed by atoms with Gasteiger partial charge < -0.3 is 10.1 Å². The second-order valence-corrected chi connectivity index (χ2v) is 7.29. The maximum absolute atomic E-state index is 12.9. The van der Waals surface area contributed by atoms with E-state index < -0.39 is 18.2 Å². The lowest BCUT2D eigenvalue weighted by molar-refractivity contribution is -0.138. The van der Waals surface area contributed by atoms with Crippen molar-refractivity contribution in [2.24, 2.45) is 0 Å². The van der Waals surface area contributed by atoms with E-state index in [9.17, 15) is 18.0 Å². The molecule has 0 aliphatic carbocycles. The van der Waals surface area contributed by atoms with Crippen molar-refractivity contribution in [3.8, 4) is 11.3 Å². The van der Waals surface area contributed by atoms with Gasteiger partial charge in [-0.1, -0.05) is 31.5 Å². The number of nitrogens with zero attached hydrogens (tertiary/aromatic N) is 2. The van der Waals surface area contributed by atoms with Crippen molar-refractivity contribution >= 4 is 23.3 Å². The predicted molar refractivity (Wildman–Crippen MR) is 108 cm³/mol. The molecule has 1 aromatic carbocycles. The average molecular weight is 432 g/mol. The molecule has 1 aromatic heterocycles. The molecule has 0 aliphatic heterocycles. The number of anilines is 1. The largest absolute Gasteiger partial charge is 0.461 e. The molecule has 0 unspecified atom stereocenters. The topological polar surface area (TPSA) is 56.1 Å². The summed E-state index contributed by atoms with van der Waals surface area (Å²) in [5, 5.41) is 6.92. The Kier molecular flexibility index (Phi) is 7.21. The van der Waals surface area contributed by atoms with Gasteiger partial charge in [-0.05, 0) is 44.4 Å². The summed E-state index contributed by atoms with van der Waals surface area (Å²) >= 11 is 6.49. The van der Waals surface area contributed by atoms with Gasteiger partial charge in [-0.15, -0.1) is 0 Å². The summed E-state index contributed by atoms with van der Waals surface area (Å²) in [5.74, 6) is -0.621. The molecular formula is C20H25ClF3N3O2. The van der Waals surface area contributed by atoms with Gasteiger partial charge in [-0.3, -0.25) is 4.68 Å². The van der Waals surface area contributed by atoms with Crippen LogP contribution >= 0.6 is 11.6 Å². The zero-order chi connectivity index (χ0) is 21.9. The van der Waals surface area contributed by atoms with Crippen LogP contribution in [0.2, 0.25) is 5.02 Å².